The van der Waals surface area contributed by atoms with Crippen molar-refractivity contribution in [2.45, 2.75) is 46.6 Å². The third-order valence-corrected chi connectivity index (χ3v) is 6.39. The molecule has 7 heteroatoms. The van der Waals surface area contributed by atoms with Gasteiger partial charge in [0.05, 0.1) is 0 Å². The first-order valence-corrected chi connectivity index (χ1v) is 12.5. The highest BCUT2D eigenvalue weighted by Crippen LogP contribution is 2.36. The minimum Gasteiger partial charge on any atom is -0.422 e. The summed E-state index contributed by atoms with van der Waals surface area (Å²) in [6, 6.07) is 15.1. The van der Waals surface area contributed by atoms with Gasteiger partial charge < -0.3 is 10.1 Å². The quantitative estimate of drug-likeness (QED) is 0.207. The number of hydrogen-bond donors (Lipinski definition) is 1. The number of carbonyl (C=O) groups excluding carboxylic acids is 1. The lowest BCUT2D eigenvalue weighted by atomic mass is 9.82. The molecule has 0 aliphatic heterocycles. The molecule has 0 saturated heterocycles. The van der Waals surface area contributed by atoms with Crippen molar-refractivity contribution in [3.8, 4) is 17.0 Å². The maximum absolute atomic E-state index is 12.3. The van der Waals surface area contributed by atoms with Crippen LogP contribution in [-0.2, 0) is 0 Å². The van der Waals surface area contributed by atoms with Crippen LogP contribution in [-0.4, -0.2) is 20.9 Å². The minimum atomic E-state index is -0.346. The second kappa shape index (κ2) is 8.95. The summed E-state index contributed by atoms with van der Waals surface area (Å²) in [6.07, 6.45) is 3.01. The largest absolute Gasteiger partial charge is 0.422 e. The molecule has 5 nitrogen and oxygen atoms in total. The van der Waals surface area contributed by atoms with E-state index < -0.39 is 0 Å². The molecular weight excluding hydrogens is 498 g/mol. The van der Waals surface area contributed by atoms with E-state index in [0.29, 0.717) is 10.6 Å². The third-order valence-electron chi connectivity index (χ3n) is 5.07. The standard InChI is InChI=1S/C26H28BrN3O2S/c1-25(2,3)16-26(4,5)29-23-22(28-21-13-10-18(27)15-30(21)23)17-8-11-19(12-9-17)32-24(31)20-7-6-14-33-20/h6-15,29H,16H2,1-5H3. The average molecular weight is 527 g/mol. The van der Waals surface area contributed by atoms with Crippen LogP contribution in [0.1, 0.15) is 50.7 Å². The summed E-state index contributed by atoms with van der Waals surface area (Å²) < 4.78 is 8.57. The molecule has 172 valence electrons. The number of nitrogens with zero attached hydrogens (tertiary/aromatic N) is 2. The van der Waals surface area contributed by atoms with Crippen molar-refractivity contribution in [3.05, 3.63) is 69.5 Å². The molecule has 0 radical (unpaired) electrons. The van der Waals surface area contributed by atoms with Gasteiger partial charge in [-0.2, -0.15) is 0 Å². The van der Waals surface area contributed by atoms with Crippen LogP contribution in [0.25, 0.3) is 16.9 Å². The Morgan fingerprint density at radius 2 is 1.82 bits per heavy atom. The van der Waals surface area contributed by atoms with Crippen LogP contribution in [0.5, 0.6) is 5.75 Å². The normalized spacial score (nSPS) is 12.2. The van der Waals surface area contributed by atoms with Gasteiger partial charge in [-0.3, -0.25) is 4.40 Å². The molecular formula is C26H28BrN3O2S. The number of anilines is 1. The summed E-state index contributed by atoms with van der Waals surface area (Å²) in [4.78, 5) is 17.8. The zero-order valence-corrected chi connectivity index (χ0v) is 21.9. The van der Waals surface area contributed by atoms with Crippen molar-refractivity contribution in [2.75, 3.05) is 5.32 Å². The molecule has 3 aromatic heterocycles. The second-order valence-corrected chi connectivity index (χ2v) is 11.9. The van der Waals surface area contributed by atoms with E-state index >= 15 is 0 Å². The number of hydrogen-bond acceptors (Lipinski definition) is 5. The Morgan fingerprint density at radius 3 is 2.45 bits per heavy atom. The van der Waals surface area contributed by atoms with Gasteiger partial charge >= 0.3 is 5.97 Å². The highest BCUT2D eigenvalue weighted by atomic mass is 79.9. The fraction of sp³-hybridized carbons (Fsp3) is 0.308. The summed E-state index contributed by atoms with van der Waals surface area (Å²) in [7, 11) is 0. The number of halogens is 1. The van der Waals surface area contributed by atoms with Crippen molar-refractivity contribution in [2.24, 2.45) is 5.41 Å². The van der Waals surface area contributed by atoms with Crippen LogP contribution in [0, 0.1) is 5.41 Å². The van der Waals surface area contributed by atoms with Crippen LogP contribution >= 0.6 is 27.3 Å². The number of benzene rings is 1. The molecule has 1 N–H and O–H groups in total. The lowest BCUT2D eigenvalue weighted by Gasteiger charge is -2.34. The van der Waals surface area contributed by atoms with Crippen molar-refractivity contribution in [1.29, 1.82) is 0 Å². The summed E-state index contributed by atoms with van der Waals surface area (Å²) in [5.41, 5.74) is 2.68. The highest BCUT2D eigenvalue weighted by molar-refractivity contribution is 9.10. The lowest BCUT2D eigenvalue weighted by molar-refractivity contribution is 0.0740. The smallest absolute Gasteiger partial charge is 0.353 e. The first-order chi connectivity index (χ1) is 15.5. The van der Waals surface area contributed by atoms with Gasteiger partial charge in [0.1, 0.15) is 27.8 Å². The van der Waals surface area contributed by atoms with Crippen LogP contribution < -0.4 is 10.1 Å². The van der Waals surface area contributed by atoms with E-state index in [-0.39, 0.29) is 16.9 Å². The van der Waals surface area contributed by atoms with Gasteiger partial charge in [-0.25, -0.2) is 9.78 Å². The van der Waals surface area contributed by atoms with Crippen molar-refractivity contribution >= 4 is 44.7 Å². The third kappa shape index (κ3) is 5.65. The van der Waals surface area contributed by atoms with Gasteiger partial charge in [0.15, 0.2) is 0 Å². The van der Waals surface area contributed by atoms with Gasteiger partial charge in [0.2, 0.25) is 0 Å². The number of nitrogens with one attached hydrogen (secondary N) is 1. The summed E-state index contributed by atoms with van der Waals surface area (Å²) in [5, 5.41) is 5.61. The monoisotopic (exact) mass is 525 g/mol. The Balaban J connectivity index is 1.68. The van der Waals surface area contributed by atoms with E-state index in [1.165, 1.54) is 11.3 Å². The molecule has 0 spiro atoms. The Hall–Kier alpha value is -2.64. The Kier molecular flexibility index (Phi) is 6.38. The first-order valence-electron chi connectivity index (χ1n) is 10.8. The molecule has 4 rings (SSSR count). The zero-order valence-electron chi connectivity index (χ0n) is 19.5. The molecule has 0 amide bonds. The molecule has 1 aromatic carbocycles. The number of thiophene rings is 1. The predicted molar refractivity (Wildman–Crippen MR) is 139 cm³/mol. The fourth-order valence-electron chi connectivity index (χ4n) is 4.26. The molecule has 0 fully saturated rings. The molecule has 3 heterocycles. The molecule has 33 heavy (non-hydrogen) atoms. The van der Waals surface area contributed by atoms with Crippen molar-refractivity contribution < 1.29 is 9.53 Å². The topological polar surface area (TPSA) is 55.6 Å². The van der Waals surface area contributed by atoms with Gasteiger partial charge in [0.25, 0.3) is 0 Å². The summed E-state index contributed by atoms with van der Waals surface area (Å²) >= 11 is 4.95. The summed E-state index contributed by atoms with van der Waals surface area (Å²) in [5.74, 6) is 1.09. The molecule has 0 atom stereocenters. The van der Waals surface area contributed by atoms with Crippen molar-refractivity contribution in [1.82, 2.24) is 9.38 Å². The fourth-order valence-corrected chi connectivity index (χ4v) is 5.20. The zero-order chi connectivity index (χ0) is 23.8. The van der Waals surface area contributed by atoms with E-state index in [9.17, 15) is 4.79 Å². The van der Waals surface area contributed by atoms with E-state index in [0.717, 1.165) is 33.6 Å². The number of ether oxygens (including phenoxy) is 1. The second-order valence-electron chi connectivity index (χ2n) is 10.0. The maximum Gasteiger partial charge on any atom is 0.353 e. The number of carbonyl (C=O) groups is 1. The molecule has 4 aromatic rings. The summed E-state index contributed by atoms with van der Waals surface area (Å²) in [6.45, 7) is 11.2. The van der Waals surface area contributed by atoms with Gasteiger partial charge in [0, 0.05) is 21.8 Å². The number of pyridine rings is 1. The van der Waals surface area contributed by atoms with Gasteiger partial charge in [-0.05, 0) is 89.5 Å². The van der Waals surface area contributed by atoms with E-state index in [4.69, 9.17) is 9.72 Å². The van der Waals surface area contributed by atoms with E-state index in [2.05, 4.69) is 60.3 Å². The Bertz CT molecular complexity index is 1270. The van der Waals surface area contributed by atoms with Crippen LogP contribution in [0.15, 0.2) is 64.6 Å². The van der Waals surface area contributed by atoms with Crippen LogP contribution in [0.3, 0.4) is 0 Å². The van der Waals surface area contributed by atoms with E-state index in [1.807, 2.05) is 54.0 Å². The molecule has 0 saturated carbocycles. The number of esters is 1. The predicted octanol–water partition coefficient (Wildman–Crippen LogP) is 7.67. The Labute approximate surface area is 207 Å². The number of aromatic nitrogens is 2. The van der Waals surface area contributed by atoms with Crippen LogP contribution in [0.4, 0.5) is 5.82 Å². The molecule has 0 aliphatic rings. The minimum absolute atomic E-state index is 0.151. The Morgan fingerprint density at radius 1 is 1.09 bits per heavy atom. The SMILES string of the molecule is CC(C)(C)CC(C)(C)Nc1c(-c2ccc(OC(=O)c3cccs3)cc2)nc2ccc(Br)cn12. The number of rotatable bonds is 6. The molecule has 0 unspecified atom stereocenters. The van der Waals surface area contributed by atoms with Crippen LogP contribution in [0.2, 0.25) is 0 Å². The van der Waals surface area contributed by atoms with Gasteiger partial charge in [-0.1, -0.05) is 26.8 Å². The maximum atomic E-state index is 12.3. The van der Waals surface area contributed by atoms with E-state index in [1.54, 1.807) is 6.07 Å². The highest BCUT2D eigenvalue weighted by Gasteiger charge is 2.28. The van der Waals surface area contributed by atoms with Crippen molar-refractivity contribution in [3.63, 3.8) is 0 Å². The lowest BCUT2D eigenvalue weighted by Crippen LogP contribution is -2.36. The molecule has 0 aliphatic carbocycles. The number of fused-ring (bicyclic) bond motifs is 1. The van der Waals surface area contributed by atoms with Gasteiger partial charge in [-0.15, -0.1) is 11.3 Å². The molecule has 0 bridgehead atoms. The first kappa shape index (κ1) is 23.5. The average Bonchev–Trinajstić information content (AvgIpc) is 3.36. The number of imidazole rings is 1.